The summed E-state index contributed by atoms with van der Waals surface area (Å²) in [6.45, 7) is 2.54. The van der Waals surface area contributed by atoms with E-state index in [0.717, 1.165) is 17.5 Å². The van der Waals surface area contributed by atoms with E-state index < -0.39 is 0 Å². The van der Waals surface area contributed by atoms with Crippen LogP contribution in [0.2, 0.25) is 0 Å². The summed E-state index contributed by atoms with van der Waals surface area (Å²) in [5.41, 5.74) is 2.49. The molecular formula is C20H22N2O3. The Morgan fingerprint density at radius 3 is 2.36 bits per heavy atom. The van der Waals surface area contributed by atoms with Crippen molar-refractivity contribution in [1.82, 2.24) is 10.6 Å². The number of ether oxygens (including phenoxy) is 1. The molecule has 1 unspecified atom stereocenters. The molecule has 1 aliphatic heterocycles. The highest BCUT2D eigenvalue weighted by molar-refractivity contribution is 6.02. The number of carbonyl (C=O) groups excluding carboxylic acids is 2. The van der Waals surface area contributed by atoms with Gasteiger partial charge in [-0.1, -0.05) is 37.3 Å². The van der Waals surface area contributed by atoms with Crippen LogP contribution >= 0.6 is 0 Å². The fraction of sp³-hybridized carbons (Fsp3) is 0.300. The number of carbonyl (C=O) groups is 2. The van der Waals surface area contributed by atoms with Crippen molar-refractivity contribution in [2.24, 2.45) is 0 Å². The molecule has 2 aromatic carbocycles. The van der Waals surface area contributed by atoms with Crippen molar-refractivity contribution in [3.05, 3.63) is 64.7 Å². The van der Waals surface area contributed by atoms with Gasteiger partial charge in [-0.05, 0) is 24.1 Å². The molecule has 0 saturated heterocycles. The number of rotatable bonds is 4. The third-order valence-electron chi connectivity index (χ3n) is 4.96. The van der Waals surface area contributed by atoms with Crippen molar-refractivity contribution < 1.29 is 14.3 Å². The van der Waals surface area contributed by atoms with Gasteiger partial charge in [0.25, 0.3) is 11.8 Å². The number of hydrogen-bond donors (Lipinski definition) is 2. The third kappa shape index (κ3) is 2.65. The number of amides is 2. The fourth-order valence-corrected chi connectivity index (χ4v) is 3.48. The molecule has 0 bridgehead atoms. The second-order valence-electron chi connectivity index (χ2n) is 6.15. The molecule has 130 valence electrons. The van der Waals surface area contributed by atoms with Crippen molar-refractivity contribution in [3.63, 3.8) is 0 Å². The predicted molar refractivity (Wildman–Crippen MR) is 96.2 cm³/mol. The monoisotopic (exact) mass is 338 g/mol. The van der Waals surface area contributed by atoms with Crippen molar-refractivity contribution in [2.75, 3.05) is 20.7 Å². The van der Waals surface area contributed by atoms with Gasteiger partial charge < -0.3 is 15.4 Å². The molecule has 0 fully saturated rings. The van der Waals surface area contributed by atoms with Crippen LogP contribution in [-0.4, -0.2) is 32.5 Å². The molecule has 0 aliphatic carbocycles. The summed E-state index contributed by atoms with van der Waals surface area (Å²) in [6, 6.07) is 13.5. The van der Waals surface area contributed by atoms with E-state index in [-0.39, 0.29) is 17.2 Å². The Bertz CT molecular complexity index is 817. The molecule has 25 heavy (non-hydrogen) atoms. The predicted octanol–water partition coefficient (Wildman–Crippen LogP) is 2.49. The molecule has 0 spiro atoms. The number of nitrogens with one attached hydrogen (secondary N) is 2. The first-order valence-corrected chi connectivity index (χ1v) is 8.38. The minimum absolute atomic E-state index is 0.224. The summed E-state index contributed by atoms with van der Waals surface area (Å²) in [5, 5.41) is 5.26. The lowest BCUT2D eigenvalue weighted by atomic mass is 9.73. The Kier molecular flexibility index (Phi) is 4.49. The van der Waals surface area contributed by atoms with E-state index in [1.165, 1.54) is 0 Å². The Hall–Kier alpha value is -2.82. The molecule has 1 aliphatic rings. The fourth-order valence-electron chi connectivity index (χ4n) is 3.48. The van der Waals surface area contributed by atoms with Crippen LogP contribution in [0.4, 0.5) is 0 Å². The maximum atomic E-state index is 12.3. The minimum Gasteiger partial charge on any atom is -0.491 e. The van der Waals surface area contributed by atoms with Gasteiger partial charge in [-0.15, -0.1) is 0 Å². The molecular weight excluding hydrogens is 316 g/mol. The first-order chi connectivity index (χ1) is 12.1. The molecule has 2 N–H and O–H groups in total. The SMILES string of the molecule is CCC1(c2ccccc2)COc2c(C(=O)NC)cc(C(=O)NC)cc21. The van der Waals surface area contributed by atoms with Crippen molar-refractivity contribution in [2.45, 2.75) is 18.8 Å². The van der Waals surface area contributed by atoms with Crippen LogP contribution in [0.1, 0.15) is 45.2 Å². The van der Waals surface area contributed by atoms with Crippen LogP contribution in [0, 0.1) is 0 Å². The molecule has 0 saturated carbocycles. The number of benzene rings is 2. The molecule has 2 amide bonds. The average molecular weight is 338 g/mol. The van der Waals surface area contributed by atoms with E-state index in [9.17, 15) is 9.59 Å². The summed E-state index contributed by atoms with van der Waals surface area (Å²) in [6.07, 6.45) is 0.800. The van der Waals surface area contributed by atoms with Gasteiger partial charge in [-0.3, -0.25) is 9.59 Å². The van der Waals surface area contributed by atoms with Gasteiger partial charge in [0.1, 0.15) is 12.4 Å². The second-order valence-corrected chi connectivity index (χ2v) is 6.15. The van der Waals surface area contributed by atoms with Crippen molar-refractivity contribution in [1.29, 1.82) is 0 Å². The Morgan fingerprint density at radius 1 is 1.08 bits per heavy atom. The van der Waals surface area contributed by atoms with Crippen LogP contribution in [0.15, 0.2) is 42.5 Å². The highest BCUT2D eigenvalue weighted by atomic mass is 16.5. The van der Waals surface area contributed by atoms with E-state index in [2.05, 4.69) is 29.7 Å². The minimum atomic E-state index is -0.372. The Morgan fingerprint density at radius 2 is 1.76 bits per heavy atom. The Balaban J connectivity index is 2.27. The standard InChI is InChI=1S/C20H22N2O3/c1-4-20(14-8-6-5-7-9-14)12-25-17-15(19(24)22-3)10-13(11-16(17)20)18(23)21-2/h5-11H,4,12H2,1-3H3,(H,21,23)(H,22,24). The van der Waals surface area contributed by atoms with E-state index >= 15 is 0 Å². The van der Waals surface area contributed by atoms with Crippen LogP contribution in [-0.2, 0) is 5.41 Å². The lowest BCUT2D eigenvalue weighted by Crippen LogP contribution is -2.29. The van der Waals surface area contributed by atoms with E-state index in [0.29, 0.717) is 23.5 Å². The van der Waals surface area contributed by atoms with Crippen LogP contribution in [0.25, 0.3) is 0 Å². The zero-order valence-corrected chi connectivity index (χ0v) is 14.7. The zero-order chi connectivity index (χ0) is 18.0. The van der Waals surface area contributed by atoms with Gasteiger partial charge in [0.05, 0.1) is 11.0 Å². The molecule has 5 nitrogen and oxygen atoms in total. The summed E-state index contributed by atoms with van der Waals surface area (Å²) in [5.74, 6) is 0.0811. The molecule has 2 aromatic rings. The largest absolute Gasteiger partial charge is 0.491 e. The van der Waals surface area contributed by atoms with Crippen LogP contribution < -0.4 is 15.4 Å². The van der Waals surface area contributed by atoms with E-state index in [1.54, 1.807) is 20.2 Å². The van der Waals surface area contributed by atoms with Gasteiger partial charge >= 0.3 is 0 Å². The normalized spacial score (nSPS) is 18.2. The third-order valence-corrected chi connectivity index (χ3v) is 4.96. The van der Waals surface area contributed by atoms with Crippen molar-refractivity contribution >= 4 is 11.8 Å². The van der Waals surface area contributed by atoms with Gasteiger partial charge in [-0.2, -0.15) is 0 Å². The topological polar surface area (TPSA) is 67.4 Å². The average Bonchev–Trinajstić information content (AvgIpc) is 3.06. The van der Waals surface area contributed by atoms with Gasteiger partial charge in [-0.25, -0.2) is 0 Å². The first kappa shape index (κ1) is 17.0. The molecule has 0 aromatic heterocycles. The van der Waals surface area contributed by atoms with E-state index in [4.69, 9.17) is 4.74 Å². The number of hydrogen-bond acceptors (Lipinski definition) is 3. The quantitative estimate of drug-likeness (QED) is 0.900. The Labute approximate surface area is 147 Å². The molecule has 3 rings (SSSR count). The van der Waals surface area contributed by atoms with Gasteiger partial charge in [0.15, 0.2) is 0 Å². The van der Waals surface area contributed by atoms with Gasteiger partial charge in [0.2, 0.25) is 0 Å². The summed E-state index contributed by atoms with van der Waals surface area (Å²) in [7, 11) is 3.15. The zero-order valence-electron chi connectivity index (χ0n) is 14.7. The summed E-state index contributed by atoms with van der Waals surface area (Å²) >= 11 is 0. The highest BCUT2D eigenvalue weighted by Gasteiger charge is 2.43. The molecule has 1 heterocycles. The number of fused-ring (bicyclic) bond motifs is 1. The smallest absolute Gasteiger partial charge is 0.254 e. The lowest BCUT2D eigenvalue weighted by Gasteiger charge is -2.27. The second kappa shape index (κ2) is 6.59. The van der Waals surface area contributed by atoms with E-state index in [1.807, 2.05) is 24.3 Å². The first-order valence-electron chi connectivity index (χ1n) is 8.38. The maximum absolute atomic E-state index is 12.3. The summed E-state index contributed by atoms with van der Waals surface area (Å²) in [4.78, 5) is 24.6. The molecule has 0 radical (unpaired) electrons. The van der Waals surface area contributed by atoms with Crippen LogP contribution in [0.5, 0.6) is 5.75 Å². The van der Waals surface area contributed by atoms with Crippen LogP contribution in [0.3, 0.4) is 0 Å². The molecule has 1 atom stereocenters. The van der Waals surface area contributed by atoms with Gasteiger partial charge in [0, 0.05) is 25.2 Å². The lowest BCUT2D eigenvalue weighted by molar-refractivity contribution is 0.0959. The maximum Gasteiger partial charge on any atom is 0.254 e. The molecule has 5 heteroatoms. The highest BCUT2D eigenvalue weighted by Crippen LogP contribution is 2.47. The van der Waals surface area contributed by atoms with Crippen molar-refractivity contribution in [3.8, 4) is 5.75 Å². The summed E-state index contributed by atoms with van der Waals surface area (Å²) < 4.78 is 5.99.